The number of carbonyl (C=O) groups is 1. The van der Waals surface area contributed by atoms with Crippen molar-refractivity contribution < 1.29 is 9.53 Å². The molecule has 1 saturated heterocycles. The van der Waals surface area contributed by atoms with Crippen molar-refractivity contribution >= 4 is 11.6 Å². The van der Waals surface area contributed by atoms with Crippen LogP contribution in [-0.4, -0.2) is 45.2 Å². The Kier molecular flexibility index (Phi) is 3.42. The Balaban J connectivity index is 1.80. The Morgan fingerprint density at radius 3 is 2.88 bits per heavy atom. The summed E-state index contributed by atoms with van der Waals surface area (Å²) in [6.07, 6.45) is 4.81. The standard InChI is InChI=1S/C18H24N4O2/c1-18(2,3)15-8-16-19-9-12-13-6-5-11(7-14(12)22(16)20-15)21(13)17(23)10-24-4/h8-9,11,13H,5-7,10H2,1-4H3. The van der Waals surface area contributed by atoms with Crippen molar-refractivity contribution in [1.29, 1.82) is 0 Å². The van der Waals surface area contributed by atoms with Crippen molar-refractivity contribution in [2.75, 3.05) is 13.7 Å². The van der Waals surface area contributed by atoms with E-state index in [9.17, 15) is 4.79 Å². The van der Waals surface area contributed by atoms with E-state index < -0.39 is 0 Å². The van der Waals surface area contributed by atoms with E-state index in [4.69, 9.17) is 9.84 Å². The summed E-state index contributed by atoms with van der Waals surface area (Å²) in [5.74, 6) is 0.0755. The smallest absolute Gasteiger partial charge is 0.249 e. The van der Waals surface area contributed by atoms with Gasteiger partial charge < -0.3 is 9.64 Å². The molecule has 2 bridgehead atoms. The Morgan fingerprint density at radius 1 is 1.38 bits per heavy atom. The highest BCUT2D eigenvalue weighted by Gasteiger charge is 2.43. The first kappa shape index (κ1) is 15.6. The van der Waals surface area contributed by atoms with E-state index in [0.29, 0.717) is 0 Å². The molecule has 0 aromatic carbocycles. The minimum absolute atomic E-state index is 0.00526. The van der Waals surface area contributed by atoms with Crippen LogP contribution in [-0.2, 0) is 21.4 Å². The fourth-order valence-corrected chi connectivity index (χ4v) is 4.03. The van der Waals surface area contributed by atoms with Gasteiger partial charge in [0.1, 0.15) is 6.61 Å². The minimum Gasteiger partial charge on any atom is -0.375 e. The van der Waals surface area contributed by atoms with Crippen LogP contribution < -0.4 is 0 Å². The van der Waals surface area contributed by atoms with Crippen LogP contribution in [0.1, 0.15) is 56.6 Å². The van der Waals surface area contributed by atoms with Gasteiger partial charge in [-0.3, -0.25) is 4.79 Å². The molecule has 0 aliphatic carbocycles. The van der Waals surface area contributed by atoms with E-state index in [1.807, 2.05) is 15.6 Å². The zero-order valence-electron chi connectivity index (χ0n) is 14.7. The molecule has 4 rings (SSSR count). The molecule has 1 fully saturated rings. The maximum absolute atomic E-state index is 12.4. The van der Waals surface area contributed by atoms with Gasteiger partial charge in [-0.05, 0) is 12.8 Å². The highest BCUT2D eigenvalue weighted by molar-refractivity contribution is 5.79. The lowest BCUT2D eigenvalue weighted by atomic mass is 9.93. The molecule has 1 amide bonds. The summed E-state index contributed by atoms with van der Waals surface area (Å²) < 4.78 is 7.06. The molecule has 2 unspecified atom stereocenters. The molecule has 128 valence electrons. The predicted octanol–water partition coefficient (Wildman–Crippen LogP) is 2.26. The first-order valence-corrected chi connectivity index (χ1v) is 8.58. The number of ether oxygens (including phenoxy) is 1. The number of rotatable bonds is 2. The summed E-state index contributed by atoms with van der Waals surface area (Å²) in [7, 11) is 1.57. The number of hydrogen-bond acceptors (Lipinski definition) is 4. The van der Waals surface area contributed by atoms with E-state index in [0.717, 1.165) is 36.2 Å². The first-order chi connectivity index (χ1) is 11.4. The zero-order valence-corrected chi connectivity index (χ0v) is 14.7. The van der Waals surface area contributed by atoms with Gasteiger partial charge in [-0.1, -0.05) is 20.8 Å². The van der Waals surface area contributed by atoms with Crippen LogP contribution in [0.4, 0.5) is 0 Å². The second-order valence-electron chi connectivity index (χ2n) is 7.89. The monoisotopic (exact) mass is 328 g/mol. The SMILES string of the molecule is COCC(=O)N1C2CCC1c1cnc3cc(C(C)(C)C)nn3c1C2. The van der Waals surface area contributed by atoms with Crippen molar-refractivity contribution in [3.8, 4) is 0 Å². The van der Waals surface area contributed by atoms with E-state index in [-0.39, 0.29) is 30.0 Å². The van der Waals surface area contributed by atoms with Crippen LogP contribution in [0.5, 0.6) is 0 Å². The molecule has 0 radical (unpaired) electrons. The summed E-state index contributed by atoms with van der Waals surface area (Å²) in [5, 5.41) is 4.83. The van der Waals surface area contributed by atoms with Gasteiger partial charge in [0.2, 0.25) is 5.91 Å². The largest absolute Gasteiger partial charge is 0.375 e. The molecular weight excluding hydrogens is 304 g/mol. The van der Waals surface area contributed by atoms with Crippen LogP contribution >= 0.6 is 0 Å². The molecule has 0 saturated carbocycles. The molecule has 24 heavy (non-hydrogen) atoms. The summed E-state index contributed by atoms with van der Waals surface area (Å²) in [6.45, 7) is 6.64. The third-order valence-corrected chi connectivity index (χ3v) is 5.23. The van der Waals surface area contributed by atoms with Gasteiger partial charge in [-0.15, -0.1) is 0 Å². The molecule has 2 aromatic rings. The second kappa shape index (κ2) is 5.28. The normalized spacial score (nSPS) is 22.9. The molecular formula is C18H24N4O2. The van der Waals surface area contributed by atoms with Crippen molar-refractivity contribution in [3.05, 3.63) is 29.2 Å². The lowest BCUT2D eigenvalue weighted by Crippen LogP contribution is -2.44. The molecule has 6 heteroatoms. The van der Waals surface area contributed by atoms with Gasteiger partial charge in [-0.2, -0.15) is 5.10 Å². The Hall–Kier alpha value is -1.95. The second-order valence-corrected chi connectivity index (χ2v) is 7.89. The lowest BCUT2D eigenvalue weighted by Gasteiger charge is -2.36. The van der Waals surface area contributed by atoms with E-state index >= 15 is 0 Å². The molecule has 6 nitrogen and oxygen atoms in total. The number of aromatic nitrogens is 3. The molecule has 2 atom stereocenters. The molecule has 2 aliphatic rings. The number of hydrogen-bond donors (Lipinski definition) is 0. The summed E-state index contributed by atoms with van der Waals surface area (Å²) in [4.78, 5) is 19.0. The predicted molar refractivity (Wildman–Crippen MR) is 89.9 cm³/mol. The van der Waals surface area contributed by atoms with E-state index in [2.05, 4.69) is 31.8 Å². The molecule has 4 heterocycles. The lowest BCUT2D eigenvalue weighted by molar-refractivity contribution is -0.138. The average molecular weight is 328 g/mol. The Bertz CT molecular complexity index is 805. The quantitative estimate of drug-likeness (QED) is 0.848. The number of amides is 1. The molecule has 2 aliphatic heterocycles. The van der Waals surface area contributed by atoms with Crippen LogP contribution in [0.3, 0.4) is 0 Å². The van der Waals surface area contributed by atoms with Gasteiger partial charge in [0.25, 0.3) is 0 Å². The maximum atomic E-state index is 12.4. The van der Waals surface area contributed by atoms with Crippen molar-refractivity contribution in [2.45, 2.75) is 57.5 Å². The summed E-state index contributed by atoms with van der Waals surface area (Å²) in [5.41, 5.74) is 4.30. The molecule has 2 aromatic heterocycles. The Morgan fingerprint density at radius 2 is 2.17 bits per heavy atom. The van der Waals surface area contributed by atoms with Crippen LogP contribution in [0.15, 0.2) is 12.3 Å². The third kappa shape index (κ3) is 2.24. The fraction of sp³-hybridized carbons (Fsp3) is 0.611. The topological polar surface area (TPSA) is 59.7 Å². The number of nitrogens with zero attached hydrogens (tertiary/aromatic N) is 4. The van der Waals surface area contributed by atoms with Gasteiger partial charge >= 0.3 is 0 Å². The van der Waals surface area contributed by atoms with E-state index in [1.54, 1.807) is 7.11 Å². The molecule has 0 N–H and O–H groups in total. The minimum atomic E-state index is -0.00526. The number of methoxy groups -OCH3 is 1. The fourth-order valence-electron chi connectivity index (χ4n) is 4.03. The number of fused-ring (bicyclic) bond motifs is 6. The van der Waals surface area contributed by atoms with Crippen LogP contribution in [0.2, 0.25) is 0 Å². The molecule has 0 spiro atoms. The maximum Gasteiger partial charge on any atom is 0.249 e. The first-order valence-electron chi connectivity index (χ1n) is 8.58. The summed E-state index contributed by atoms with van der Waals surface area (Å²) in [6, 6.07) is 2.43. The van der Waals surface area contributed by atoms with E-state index in [1.165, 1.54) is 5.69 Å². The number of carbonyl (C=O) groups excluding carboxylic acids is 1. The average Bonchev–Trinajstić information content (AvgIpc) is 3.08. The van der Waals surface area contributed by atoms with Crippen LogP contribution in [0.25, 0.3) is 5.65 Å². The van der Waals surface area contributed by atoms with Crippen LogP contribution in [0, 0.1) is 0 Å². The summed E-state index contributed by atoms with van der Waals surface area (Å²) >= 11 is 0. The highest BCUT2D eigenvalue weighted by Crippen LogP contribution is 2.43. The third-order valence-electron chi connectivity index (χ3n) is 5.23. The van der Waals surface area contributed by atoms with Gasteiger partial charge in [0, 0.05) is 42.8 Å². The highest BCUT2D eigenvalue weighted by atomic mass is 16.5. The van der Waals surface area contributed by atoms with Gasteiger partial charge in [0.05, 0.1) is 17.4 Å². The van der Waals surface area contributed by atoms with Gasteiger partial charge in [0.15, 0.2) is 5.65 Å². The Labute approximate surface area is 141 Å². The van der Waals surface area contributed by atoms with Crippen molar-refractivity contribution in [3.63, 3.8) is 0 Å². The van der Waals surface area contributed by atoms with Crippen molar-refractivity contribution in [1.82, 2.24) is 19.5 Å². The van der Waals surface area contributed by atoms with Gasteiger partial charge in [-0.25, -0.2) is 9.50 Å². The van der Waals surface area contributed by atoms with Crippen molar-refractivity contribution in [2.24, 2.45) is 0 Å². The zero-order chi connectivity index (χ0) is 17.1.